The molecule has 0 amide bonds. The van der Waals surface area contributed by atoms with Gasteiger partial charge in [0, 0.05) is 23.9 Å². The van der Waals surface area contributed by atoms with E-state index in [0.29, 0.717) is 0 Å². The lowest BCUT2D eigenvalue weighted by Gasteiger charge is -2.31. The summed E-state index contributed by atoms with van der Waals surface area (Å²) in [5.41, 5.74) is 4.99. The third-order valence-electron chi connectivity index (χ3n) is 5.92. The van der Waals surface area contributed by atoms with Crippen LogP contribution in [0.25, 0.3) is 22.8 Å². The molecule has 1 aliphatic heterocycles. The first-order valence-corrected chi connectivity index (χ1v) is 13.1. The Labute approximate surface area is 196 Å². The lowest BCUT2D eigenvalue weighted by molar-refractivity contribution is 0.481. The molecule has 0 spiro atoms. The molecular formula is C24H18N2O6S2. The van der Waals surface area contributed by atoms with Crippen molar-refractivity contribution in [3.8, 4) is 11.1 Å². The first kappa shape index (κ1) is 22.4. The normalized spacial score (nSPS) is 19.3. The summed E-state index contributed by atoms with van der Waals surface area (Å²) in [4.78, 5) is 8.87. The summed E-state index contributed by atoms with van der Waals surface area (Å²) in [7, 11) is -8.55. The number of aliphatic imine (C=N–C) groups is 1. The van der Waals surface area contributed by atoms with E-state index in [1.54, 1.807) is 36.7 Å². The van der Waals surface area contributed by atoms with Gasteiger partial charge in [-0.3, -0.25) is 19.1 Å². The minimum absolute atomic E-state index is 0.126. The van der Waals surface area contributed by atoms with Crippen molar-refractivity contribution in [1.82, 2.24) is 4.98 Å². The summed E-state index contributed by atoms with van der Waals surface area (Å²) in [6.45, 7) is 0. The summed E-state index contributed by atoms with van der Waals surface area (Å²) in [6, 6.07) is 13.5. The Morgan fingerprint density at radius 2 is 1.35 bits per heavy atom. The average molecular weight is 495 g/mol. The van der Waals surface area contributed by atoms with Crippen molar-refractivity contribution >= 4 is 38.1 Å². The molecule has 1 aliphatic carbocycles. The summed E-state index contributed by atoms with van der Waals surface area (Å²) in [5, 5.41) is 0. The minimum atomic E-state index is -4.28. The molecule has 0 unspecified atom stereocenters. The van der Waals surface area contributed by atoms with E-state index in [1.807, 2.05) is 24.3 Å². The highest BCUT2D eigenvalue weighted by molar-refractivity contribution is 7.86. The van der Waals surface area contributed by atoms with Crippen LogP contribution < -0.4 is 0 Å². The van der Waals surface area contributed by atoms with Crippen molar-refractivity contribution in [2.24, 2.45) is 10.9 Å². The number of nitrogens with zero attached hydrogens (tertiary/aromatic N) is 2. The molecule has 0 saturated carbocycles. The van der Waals surface area contributed by atoms with Gasteiger partial charge in [-0.15, -0.1) is 0 Å². The molecule has 0 saturated heterocycles. The molecule has 2 atom stereocenters. The Balaban J connectivity index is 1.52. The summed E-state index contributed by atoms with van der Waals surface area (Å²) in [6.07, 6.45) is 9.22. The van der Waals surface area contributed by atoms with Gasteiger partial charge in [-0.05, 0) is 58.7 Å². The Kier molecular flexibility index (Phi) is 5.33. The van der Waals surface area contributed by atoms with Crippen LogP contribution in [0.4, 0.5) is 0 Å². The number of pyridine rings is 1. The van der Waals surface area contributed by atoms with E-state index in [1.165, 1.54) is 24.3 Å². The molecule has 2 heterocycles. The van der Waals surface area contributed by atoms with E-state index < -0.39 is 20.2 Å². The Hall–Kier alpha value is -3.44. The van der Waals surface area contributed by atoms with Crippen LogP contribution in [0.15, 0.2) is 87.7 Å². The van der Waals surface area contributed by atoms with Gasteiger partial charge in [0.25, 0.3) is 20.2 Å². The van der Waals surface area contributed by atoms with Crippen molar-refractivity contribution in [3.63, 3.8) is 0 Å². The maximum absolute atomic E-state index is 11.4. The first-order valence-electron chi connectivity index (χ1n) is 10.2. The molecule has 0 fully saturated rings. The van der Waals surface area contributed by atoms with Crippen molar-refractivity contribution in [2.45, 2.75) is 15.8 Å². The van der Waals surface area contributed by atoms with Gasteiger partial charge in [0.05, 0.1) is 15.5 Å². The number of dihydropyridines is 1. The van der Waals surface area contributed by atoms with E-state index in [4.69, 9.17) is 0 Å². The molecule has 0 radical (unpaired) electrons. The number of hydrogen-bond donors (Lipinski definition) is 2. The predicted octanol–water partition coefficient (Wildman–Crippen LogP) is 4.09. The summed E-state index contributed by atoms with van der Waals surface area (Å²) < 4.78 is 63.9. The molecule has 2 aliphatic rings. The van der Waals surface area contributed by atoms with Crippen LogP contribution in [0.1, 0.15) is 22.9 Å². The highest BCUT2D eigenvalue weighted by atomic mass is 32.2. The molecule has 0 bridgehead atoms. The Morgan fingerprint density at radius 1 is 0.765 bits per heavy atom. The zero-order valence-corrected chi connectivity index (χ0v) is 19.1. The third kappa shape index (κ3) is 4.01. The van der Waals surface area contributed by atoms with Crippen molar-refractivity contribution < 1.29 is 25.9 Å². The van der Waals surface area contributed by atoms with E-state index in [9.17, 15) is 25.9 Å². The van der Waals surface area contributed by atoms with Crippen LogP contribution in [0, 0.1) is 5.92 Å². The van der Waals surface area contributed by atoms with E-state index >= 15 is 0 Å². The SMILES string of the molecule is O=S(=O)(O)c1ccc(C2=CC=N[C@@H]3c4nccc(-c5ccc(S(=O)(=O)O)cc5)c4C=C[C@@H]23)cc1. The highest BCUT2D eigenvalue weighted by Crippen LogP contribution is 2.45. The average Bonchev–Trinajstić information content (AvgIpc) is 2.82. The predicted molar refractivity (Wildman–Crippen MR) is 127 cm³/mol. The summed E-state index contributed by atoms with van der Waals surface area (Å²) >= 11 is 0. The second-order valence-electron chi connectivity index (χ2n) is 7.91. The molecule has 5 rings (SSSR count). The zero-order chi connectivity index (χ0) is 24.1. The van der Waals surface area contributed by atoms with Crippen LogP contribution in [-0.4, -0.2) is 37.1 Å². The third-order valence-corrected chi connectivity index (χ3v) is 7.66. The van der Waals surface area contributed by atoms with E-state index in [2.05, 4.69) is 9.98 Å². The van der Waals surface area contributed by atoms with Crippen molar-refractivity contribution in [3.05, 3.63) is 89.8 Å². The second kappa shape index (κ2) is 8.10. The maximum Gasteiger partial charge on any atom is 0.294 e. The molecule has 2 N–H and O–H groups in total. The Morgan fingerprint density at radius 3 is 1.94 bits per heavy atom. The molecule has 10 heteroatoms. The number of aromatic nitrogens is 1. The molecule has 2 aromatic carbocycles. The lowest BCUT2D eigenvalue weighted by Crippen LogP contribution is -2.20. The number of benzene rings is 2. The zero-order valence-electron chi connectivity index (χ0n) is 17.5. The topological polar surface area (TPSA) is 134 Å². The van der Waals surface area contributed by atoms with Crippen LogP contribution in [0.3, 0.4) is 0 Å². The number of rotatable bonds is 4. The Bertz CT molecular complexity index is 1590. The second-order valence-corrected chi connectivity index (χ2v) is 10.7. The number of hydrogen-bond acceptors (Lipinski definition) is 6. The maximum atomic E-state index is 11.4. The quantitative estimate of drug-likeness (QED) is 0.522. The smallest absolute Gasteiger partial charge is 0.282 e. The monoisotopic (exact) mass is 494 g/mol. The molecular weight excluding hydrogens is 476 g/mol. The van der Waals surface area contributed by atoms with E-state index in [0.717, 1.165) is 33.5 Å². The van der Waals surface area contributed by atoms with Gasteiger partial charge in [0.1, 0.15) is 6.04 Å². The van der Waals surface area contributed by atoms with Gasteiger partial charge < -0.3 is 0 Å². The van der Waals surface area contributed by atoms with Gasteiger partial charge in [-0.1, -0.05) is 36.4 Å². The minimum Gasteiger partial charge on any atom is -0.282 e. The number of allylic oxidation sites excluding steroid dienone is 1. The largest absolute Gasteiger partial charge is 0.294 e. The van der Waals surface area contributed by atoms with E-state index in [-0.39, 0.29) is 21.8 Å². The van der Waals surface area contributed by atoms with Gasteiger partial charge in [-0.2, -0.15) is 16.8 Å². The standard InChI is InChI=1S/C24H18N2O6S2/c27-33(28,29)17-5-1-15(2-6-17)19-11-13-25-23-21(19)9-10-22-20(12-14-26-24(22)23)16-3-7-18(8-4-16)34(30,31)32/h1-14,21,23H,(H,27,28,29)(H,30,31,32)/t21-,23-/m0/s1. The van der Waals surface area contributed by atoms with Crippen molar-refractivity contribution in [1.29, 1.82) is 0 Å². The van der Waals surface area contributed by atoms with Crippen LogP contribution in [-0.2, 0) is 20.2 Å². The fourth-order valence-corrected chi connectivity index (χ4v) is 5.27. The highest BCUT2D eigenvalue weighted by Gasteiger charge is 2.33. The fraction of sp³-hybridized carbons (Fsp3) is 0.0833. The van der Waals surface area contributed by atoms with Gasteiger partial charge in [-0.25, -0.2) is 0 Å². The molecule has 172 valence electrons. The fourth-order valence-electron chi connectivity index (χ4n) is 4.31. The van der Waals surface area contributed by atoms with Gasteiger partial charge >= 0.3 is 0 Å². The van der Waals surface area contributed by atoms with Crippen LogP contribution in [0.2, 0.25) is 0 Å². The van der Waals surface area contributed by atoms with Crippen LogP contribution in [0.5, 0.6) is 0 Å². The first-order chi connectivity index (χ1) is 16.1. The number of fused-ring (bicyclic) bond motifs is 3. The molecule has 8 nitrogen and oxygen atoms in total. The molecule has 34 heavy (non-hydrogen) atoms. The van der Waals surface area contributed by atoms with Crippen molar-refractivity contribution in [2.75, 3.05) is 0 Å². The molecule has 1 aromatic heterocycles. The van der Waals surface area contributed by atoms with Gasteiger partial charge in [0.15, 0.2) is 0 Å². The molecule has 3 aromatic rings. The summed E-state index contributed by atoms with van der Waals surface area (Å²) in [5.74, 6) is -0.126. The lowest BCUT2D eigenvalue weighted by atomic mass is 9.78. The van der Waals surface area contributed by atoms with Crippen LogP contribution >= 0.6 is 0 Å². The van der Waals surface area contributed by atoms with Gasteiger partial charge in [0.2, 0.25) is 0 Å².